The summed E-state index contributed by atoms with van der Waals surface area (Å²) in [6.07, 6.45) is 22.4. The zero-order valence-electron chi connectivity index (χ0n) is 13.0. The Hall–Kier alpha value is 1.24. The zero-order valence-corrected chi connectivity index (χ0v) is 16.7. The van der Waals surface area contributed by atoms with Gasteiger partial charge in [-0.2, -0.15) is 0 Å². The third kappa shape index (κ3) is 8.60. The van der Waals surface area contributed by atoms with Crippen LogP contribution < -0.4 is 0 Å². The molecule has 0 amide bonds. The molecule has 0 aromatic rings. The van der Waals surface area contributed by atoms with Gasteiger partial charge in [-0.25, -0.2) is 0 Å². The van der Waals surface area contributed by atoms with E-state index in [4.69, 9.17) is 20.4 Å². The molecule has 0 aliphatic heterocycles. The fraction of sp³-hybridized carbons (Fsp3) is 0.882. The molecule has 0 bridgehead atoms. The maximum absolute atomic E-state index is 4.70. The molecule has 0 radical (unpaired) electrons. The molecule has 2 fully saturated rings. The van der Waals surface area contributed by atoms with Gasteiger partial charge in [0.25, 0.3) is 0 Å². The number of hydrogen-bond donors (Lipinski definition) is 0. The minimum atomic E-state index is 0.569. The molecule has 21 heavy (non-hydrogen) atoms. The van der Waals surface area contributed by atoms with Crippen molar-refractivity contribution in [1.29, 1.82) is 0 Å². The van der Waals surface area contributed by atoms with E-state index in [9.17, 15) is 0 Å². The molecule has 0 N–H and O–H groups in total. The topological polar surface area (TPSA) is 0 Å². The van der Waals surface area contributed by atoms with E-state index in [-0.39, 0.29) is 0 Å². The summed E-state index contributed by atoms with van der Waals surface area (Å²) in [5.74, 6) is 3.12. The van der Waals surface area contributed by atoms with E-state index in [0.29, 0.717) is 12.7 Å². The molecular weight excluding hydrogens is 365 g/mol. The molecule has 2 aliphatic rings. The monoisotopic (exact) mass is 394 g/mol. The average molecular weight is 396 g/mol. The first-order valence-electron chi connectivity index (χ1n) is 8.51. The summed E-state index contributed by atoms with van der Waals surface area (Å²) in [4.78, 5) is 0. The van der Waals surface area contributed by atoms with Crippen molar-refractivity contribution < 1.29 is 12.7 Å². The van der Waals surface area contributed by atoms with Crippen LogP contribution in [0.2, 0.25) is 0 Å². The van der Waals surface area contributed by atoms with Gasteiger partial charge in [-0.1, -0.05) is 76.4 Å². The molecule has 0 aromatic heterocycles. The van der Waals surface area contributed by atoms with Crippen molar-refractivity contribution in [2.75, 3.05) is 6.16 Å². The van der Waals surface area contributed by atoms with Crippen LogP contribution in [0.5, 0.6) is 0 Å². The average Bonchev–Trinajstić information content (AvgIpc) is 2.54. The molecule has 0 saturated heterocycles. The normalized spacial score (nSPS) is 21.7. The predicted octanol–water partition coefficient (Wildman–Crippen LogP) is 6.96. The summed E-state index contributed by atoms with van der Waals surface area (Å²) in [5.41, 5.74) is 0. The summed E-state index contributed by atoms with van der Waals surface area (Å²) >= 11 is 0.569. The van der Waals surface area contributed by atoms with Crippen LogP contribution in [-0.2, 0) is 12.7 Å². The van der Waals surface area contributed by atoms with Crippen LogP contribution in [0.3, 0.4) is 0 Å². The Labute approximate surface area is 148 Å². The first kappa shape index (κ1) is 20.3. The summed E-state index contributed by atoms with van der Waals surface area (Å²) in [6.45, 7) is 0. The van der Waals surface area contributed by atoms with Crippen molar-refractivity contribution >= 4 is 29.6 Å². The fourth-order valence-corrected chi connectivity index (χ4v) is 4.44. The Balaban J connectivity index is 0.000000677. The van der Waals surface area contributed by atoms with E-state index >= 15 is 0 Å². The Morgan fingerprint density at radius 1 is 0.857 bits per heavy atom. The minimum absolute atomic E-state index is 0.569. The summed E-state index contributed by atoms with van der Waals surface area (Å²) in [6, 6.07) is 0. The number of rotatable bonds is 5. The van der Waals surface area contributed by atoms with Crippen LogP contribution in [0.1, 0.15) is 70.6 Å². The third-order valence-electron chi connectivity index (χ3n) is 5.22. The molecular formula is C17H31Cl2NiP. The summed E-state index contributed by atoms with van der Waals surface area (Å²) < 4.78 is 0. The van der Waals surface area contributed by atoms with E-state index in [1.165, 1.54) is 70.6 Å². The Morgan fingerprint density at radius 3 is 1.67 bits per heavy atom. The molecule has 0 nitrogen and oxygen atoms in total. The van der Waals surface area contributed by atoms with Crippen molar-refractivity contribution in [2.45, 2.75) is 70.6 Å². The standard InChI is InChI=1S/C17H31P.2ClH.Ni/c18-14-8-7-13-17(15-9-3-1-4-10-15)16-11-5-2-6-12-16;;;/h7-8,15-17H,1-6,9-14,18H2;2*1H;/q;;;+2/p-2. The quantitative estimate of drug-likeness (QED) is 0.268. The second-order valence-corrected chi connectivity index (χ2v) is 8.55. The van der Waals surface area contributed by atoms with Gasteiger partial charge < -0.3 is 0 Å². The zero-order chi connectivity index (χ0) is 15.3. The van der Waals surface area contributed by atoms with Gasteiger partial charge in [-0.05, 0) is 30.3 Å². The number of halogens is 2. The van der Waals surface area contributed by atoms with Crippen molar-refractivity contribution in [3.05, 3.63) is 12.2 Å². The van der Waals surface area contributed by atoms with E-state index in [1.807, 2.05) is 0 Å². The number of hydrogen-bond acceptors (Lipinski definition) is 0. The molecule has 2 aliphatic carbocycles. The molecule has 0 heterocycles. The van der Waals surface area contributed by atoms with E-state index in [0.717, 1.165) is 23.9 Å². The van der Waals surface area contributed by atoms with Crippen LogP contribution in [0.4, 0.5) is 0 Å². The van der Waals surface area contributed by atoms with Gasteiger partial charge in [0, 0.05) is 0 Å². The van der Waals surface area contributed by atoms with Gasteiger partial charge in [0.05, 0.1) is 0 Å². The van der Waals surface area contributed by atoms with Gasteiger partial charge in [0.2, 0.25) is 0 Å². The second-order valence-electron chi connectivity index (χ2n) is 6.45. The third-order valence-corrected chi connectivity index (χ3v) is 5.49. The van der Waals surface area contributed by atoms with Gasteiger partial charge in [0.1, 0.15) is 0 Å². The van der Waals surface area contributed by atoms with Crippen LogP contribution in [0, 0.1) is 17.8 Å². The first-order valence-corrected chi connectivity index (χ1v) is 12.0. The van der Waals surface area contributed by atoms with E-state index in [2.05, 4.69) is 21.4 Å². The van der Waals surface area contributed by atoms with Crippen LogP contribution in [0.15, 0.2) is 12.2 Å². The van der Waals surface area contributed by atoms with Crippen molar-refractivity contribution in [3.63, 3.8) is 0 Å². The van der Waals surface area contributed by atoms with Crippen molar-refractivity contribution in [1.82, 2.24) is 0 Å². The molecule has 4 heteroatoms. The van der Waals surface area contributed by atoms with Crippen LogP contribution in [-0.4, -0.2) is 6.16 Å². The van der Waals surface area contributed by atoms with Crippen molar-refractivity contribution in [2.24, 2.45) is 17.8 Å². The maximum atomic E-state index is 4.70. The fourth-order valence-electron chi connectivity index (χ4n) is 4.24. The number of allylic oxidation sites excluding steroid dienone is 2. The van der Waals surface area contributed by atoms with Crippen molar-refractivity contribution in [3.8, 4) is 0 Å². The Bertz CT molecular complexity index is 244. The molecule has 128 valence electrons. The second kappa shape index (κ2) is 13.7. The molecule has 1 unspecified atom stereocenters. The molecule has 1 atom stereocenters. The Morgan fingerprint density at radius 2 is 1.29 bits per heavy atom. The molecule has 0 aromatic carbocycles. The van der Waals surface area contributed by atoms with Gasteiger partial charge in [-0.15, -0.1) is 9.24 Å². The van der Waals surface area contributed by atoms with Gasteiger partial charge >= 0.3 is 33.0 Å². The van der Waals surface area contributed by atoms with Gasteiger partial charge in [-0.3, -0.25) is 0 Å². The van der Waals surface area contributed by atoms with E-state index in [1.54, 1.807) is 0 Å². The first-order chi connectivity index (χ1) is 10.3. The molecule has 2 rings (SSSR count). The summed E-state index contributed by atoms with van der Waals surface area (Å²) in [5, 5.41) is 0. The van der Waals surface area contributed by atoms with E-state index < -0.39 is 0 Å². The SMILES string of the molecule is PCC=CCC(C1CCCCC1)C1CCCCC1.[Cl][Ni][Cl]. The van der Waals surface area contributed by atoms with Crippen LogP contribution in [0.25, 0.3) is 0 Å². The van der Waals surface area contributed by atoms with Crippen LogP contribution >= 0.6 is 29.6 Å². The summed E-state index contributed by atoms with van der Waals surface area (Å²) in [7, 11) is 12.2. The Kier molecular flexibility index (Phi) is 13.2. The predicted molar refractivity (Wildman–Crippen MR) is 96.7 cm³/mol. The molecule has 0 spiro atoms. The van der Waals surface area contributed by atoms with Gasteiger partial charge in [0.15, 0.2) is 0 Å². The molecule has 2 saturated carbocycles.